The molecule has 0 atom stereocenters. The van der Waals surface area contributed by atoms with Crippen molar-refractivity contribution >= 4 is 11.8 Å². The van der Waals surface area contributed by atoms with E-state index < -0.39 is 30.3 Å². The highest BCUT2D eigenvalue weighted by Crippen LogP contribution is 2.27. The number of carbonyl (C=O) groups excluding carboxylic acids is 1. The van der Waals surface area contributed by atoms with Gasteiger partial charge >= 0.3 is 12.3 Å². The summed E-state index contributed by atoms with van der Waals surface area (Å²) in [5.74, 6) is -2.53. The number of alkyl halides is 3. The number of hydrogen-bond acceptors (Lipinski definition) is 3. The van der Waals surface area contributed by atoms with Crippen molar-refractivity contribution in [3.63, 3.8) is 0 Å². The zero-order valence-electron chi connectivity index (χ0n) is 9.03. The van der Waals surface area contributed by atoms with E-state index in [1.54, 1.807) is 0 Å². The van der Waals surface area contributed by atoms with Crippen molar-refractivity contribution in [2.45, 2.75) is 19.2 Å². The highest BCUT2D eigenvalue weighted by molar-refractivity contribution is 5.99. The number of rotatable bonds is 5. The Morgan fingerprint density at radius 1 is 1.17 bits per heavy atom. The summed E-state index contributed by atoms with van der Waals surface area (Å²) in [5, 5.41) is 8.40. The molecule has 0 heterocycles. The van der Waals surface area contributed by atoms with E-state index in [1.807, 2.05) is 0 Å². The van der Waals surface area contributed by atoms with E-state index in [4.69, 9.17) is 5.11 Å². The molecule has 0 radical (unpaired) electrons. The number of Topliss-reactive ketones (excluding diaryl/α,β-unsaturated/α-hetero) is 1. The van der Waals surface area contributed by atoms with Crippen molar-refractivity contribution < 1.29 is 32.6 Å². The molecule has 1 N–H and O–H groups in total. The summed E-state index contributed by atoms with van der Waals surface area (Å²) < 4.78 is 39.9. The number of carboxylic acids is 1. The zero-order valence-corrected chi connectivity index (χ0v) is 9.03. The smallest absolute Gasteiger partial charge is 0.481 e. The van der Waals surface area contributed by atoms with Gasteiger partial charge in [-0.2, -0.15) is 0 Å². The van der Waals surface area contributed by atoms with Crippen molar-refractivity contribution in [1.29, 1.82) is 0 Å². The van der Waals surface area contributed by atoms with Gasteiger partial charge in [0.1, 0.15) is 5.75 Å². The number of benzene rings is 1. The van der Waals surface area contributed by atoms with Crippen molar-refractivity contribution in [3.05, 3.63) is 29.8 Å². The van der Waals surface area contributed by atoms with E-state index in [1.165, 1.54) is 12.1 Å². The summed E-state index contributed by atoms with van der Waals surface area (Å²) >= 11 is 0. The van der Waals surface area contributed by atoms with E-state index in [-0.39, 0.29) is 12.0 Å². The van der Waals surface area contributed by atoms with Gasteiger partial charge in [-0.05, 0) is 12.1 Å². The first-order valence-electron chi connectivity index (χ1n) is 4.89. The molecule has 0 unspecified atom stereocenters. The van der Waals surface area contributed by atoms with Crippen molar-refractivity contribution in [1.82, 2.24) is 0 Å². The van der Waals surface area contributed by atoms with Crippen LogP contribution < -0.4 is 4.74 Å². The largest absolute Gasteiger partial charge is 0.573 e. The van der Waals surface area contributed by atoms with Crippen LogP contribution in [-0.2, 0) is 4.79 Å². The lowest BCUT2D eigenvalue weighted by Gasteiger charge is -2.12. The molecule has 0 aromatic heterocycles. The first-order valence-corrected chi connectivity index (χ1v) is 4.89. The van der Waals surface area contributed by atoms with Crippen LogP contribution in [0.2, 0.25) is 0 Å². The van der Waals surface area contributed by atoms with Crippen LogP contribution >= 0.6 is 0 Å². The Morgan fingerprint density at radius 2 is 1.78 bits per heavy atom. The molecule has 18 heavy (non-hydrogen) atoms. The van der Waals surface area contributed by atoms with Crippen molar-refractivity contribution in [3.8, 4) is 5.75 Å². The lowest BCUT2D eigenvalue weighted by molar-refractivity contribution is -0.274. The van der Waals surface area contributed by atoms with Gasteiger partial charge in [-0.25, -0.2) is 0 Å². The number of carbonyl (C=O) groups is 2. The predicted octanol–water partition coefficient (Wildman–Crippen LogP) is 2.63. The average Bonchev–Trinajstić information content (AvgIpc) is 2.24. The third-order valence-electron chi connectivity index (χ3n) is 1.98. The fraction of sp³-hybridized carbons (Fsp3) is 0.273. The fourth-order valence-corrected chi connectivity index (χ4v) is 1.27. The van der Waals surface area contributed by atoms with Crippen LogP contribution in [0.25, 0.3) is 0 Å². The first-order chi connectivity index (χ1) is 8.29. The zero-order chi connectivity index (χ0) is 13.8. The third kappa shape index (κ3) is 4.44. The van der Waals surface area contributed by atoms with Crippen LogP contribution in [0, 0.1) is 0 Å². The number of ketones is 1. The van der Waals surface area contributed by atoms with Gasteiger partial charge < -0.3 is 9.84 Å². The van der Waals surface area contributed by atoms with Crippen molar-refractivity contribution in [2.24, 2.45) is 0 Å². The second-order valence-electron chi connectivity index (χ2n) is 3.36. The van der Waals surface area contributed by atoms with E-state index >= 15 is 0 Å². The maximum Gasteiger partial charge on any atom is 0.573 e. The van der Waals surface area contributed by atoms with Gasteiger partial charge in [-0.15, -0.1) is 13.2 Å². The summed E-state index contributed by atoms with van der Waals surface area (Å²) in [6.45, 7) is 0. The minimum Gasteiger partial charge on any atom is -0.481 e. The van der Waals surface area contributed by atoms with Gasteiger partial charge in [0.05, 0.1) is 12.0 Å². The lowest BCUT2D eigenvalue weighted by Crippen LogP contribution is -2.19. The SMILES string of the molecule is O=C(O)CCC(=O)c1ccccc1OC(F)(F)F. The molecule has 0 saturated heterocycles. The standard InChI is InChI=1S/C11H9F3O4/c12-11(13,14)18-9-4-2-1-3-7(9)8(15)5-6-10(16)17/h1-4H,5-6H2,(H,16,17). The number of para-hydroxylation sites is 1. The molecule has 4 nitrogen and oxygen atoms in total. The molecule has 0 amide bonds. The van der Waals surface area contributed by atoms with Crippen LogP contribution in [0.5, 0.6) is 5.75 Å². The Hall–Kier alpha value is -2.05. The summed E-state index contributed by atoms with van der Waals surface area (Å²) in [6, 6.07) is 4.82. The Labute approximate surface area is 100.0 Å². The van der Waals surface area contributed by atoms with E-state index in [0.29, 0.717) is 0 Å². The molecule has 1 rings (SSSR count). The van der Waals surface area contributed by atoms with Gasteiger partial charge in [0.15, 0.2) is 5.78 Å². The van der Waals surface area contributed by atoms with Gasteiger partial charge in [0, 0.05) is 6.42 Å². The van der Waals surface area contributed by atoms with E-state index in [0.717, 1.165) is 12.1 Å². The number of hydrogen-bond donors (Lipinski definition) is 1. The minimum atomic E-state index is -4.90. The summed E-state index contributed by atoms with van der Waals surface area (Å²) in [7, 11) is 0. The summed E-state index contributed by atoms with van der Waals surface area (Å²) in [4.78, 5) is 21.8. The van der Waals surface area contributed by atoms with Crippen LogP contribution in [0.3, 0.4) is 0 Å². The van der Waals surface area contributed by atoms with Crippen LogP contribution in [0.1, 0.15) is 23.2 Å². The van der Waals surface area contributed by atoms with E-state index in [2.05, 4.69) is 4.74 Å². The molecule has 1 aromatic carbocycles. The molecule has 0 spiro atoms. The monoisotopic (exact) mass is 262 g/mol. The molecule has 7 heteroatoms. The Bertz CT molecular complexity index is 454. The summed E-state index contributed by atoms with van der Waals surface area (Å²) in [5.41, 5.74) is -0.281. The normalized spacial score (nSPS) is 11.1. The number of ether oxygens (including phenoxy) is 1. The number of halogens is 3. The Kier molecular flexibility index (Phi) is 4.30. The molecule has 98 valence electrons. The number of carboxylic acid groups (broad SMARTS) is 1. The molecule has 0 saturated carbocycles. The van der Waals surface area contributed by atoms with Crippen LogP contribution in [-0.4, -0.2) is 23.2 Å². The maximum atomic E-state index is 12.1. The second-order valence-corrected chi connectivity index (χ2v) is 3.36. The summed E-state index contributed by atoms with van der Waals surface area (Å²) in [6.07, 6.45) is -5.73. The molecular weight excluding hydrogens is 253 g/mol. The molecule has 1 aromatic rings. The predicted molar refractivity (Wildman–Crippen MR) is 54.3 cm³/mol. The van der Waals surface area contributed by atoms with Gasteiger partial charge in [-0.1, -0.05) is 12.1 Å². The molecule has 0 fully saturated rings. The van der Waals surface area contributed by atoms with Crippen molar-refractivity contribution in [2.75, 3.05) is 0 Å². The number of aliphatic carboxylic acids is 1. The molecular formula is C11H9F3O4. The molecule has 0 aliphatic rings. The maximum absolute atomic E-state index is 12.1. The Morgan fingerprint density at radius 3 is 2.33 bits per heavy atom. The topological polar surface area (TPSA) is 63.6 Å². The lowest BCUT2D eigenvalue weighted by atomic mass is 10.1. The second kappa shape index (κ2) is 5.52. The van der Waals surface area contributed by atoms with Gasteiger partial charge in [0.25, 0.3) is 0 Å². The fourth-order valence-electron chi connectivity index (χ4n) is 1.27. The third-order valence-corrected chi connectivity index (χ3v) is 1.98. The average molecular weight is 262 g/mol. The molecule has 0 aliphatic carbocycles. The van der Waals surface area contributed by atoms with Crippen LogP contribution in [0.4, 0.5) is 13.2 Å². The highest BCUT2D eigenvalue weighted by Gasteiger charge is 2.32. The molecule has 0 aliphatic heterocycles. The first kappa shape index (κ1) is 14.0. The van der Waals surface area contributed by atoms with Gasteiger partial charge in [0.2, 0.25) is 0 Å². The van der Waals surface area contributed by atoms with Crippen LogP contribution in [0.15, 0.2) is 24.3 Å². The minimum absolute atomic E-state index is 0.281. The molecule has 0 bridgehead atoms. The van der Waals surface area contributed by atoms with E-state index in [9.17, 15) is 22.8 Å². The quantitative estimate of drug-likeness (QED) is 0.828. The Balaban J connectivity index is 2.88. The highest BCUT2D eigenvalue weighted by atomic mass is 19.4. The van der Waals surface area contributed by atoms with Gasteiger partial charge in [-0.3, -0.25) is 9.59 Å².